The Labute approximate surface area is 82.9 Å². The van der Waals surface area contributed by atoms with Gasteiger partial charge in [-0.1, -0.05) is 0 Å². The summed E-state index contributed by atoms with van der Waals surface area (Å²) in [4.78, 5) is 11.3. The van der Waals surface area contributed by atoms with Gasteiger partial charge in [0.2, 0.25) is 5.76 Å². The van der Waals surface area contributed by atoms with Crippen LogP contribution in [0.2, 0.25) is 0 Å². The smallest absolute Gasteiger partial charge is 0.374 e. The number of hydrogen-bond donors (Lipinski definition) is 0. The quantitative estimate of drug-likeness (QED) is 0.744. The number of hydrogen-bond acceptors (Lipinski definition) is 4. The van der Waals surface area contributed by atoms with Crippen molar-refractivity contribution in [3.63, 3.8) is 0 Å². The van der Waals surface area contributed by atoms with Crippen molar-refractivity contribution in [3.05, 3.63) is 22.6 Å². The summed E-state index contributed by atoms with van der Waals surface area (Å²) in [5.41, 5.74) is 0. The zero-order chi connectivity index (χ0) is 9.26. The highest BCUT2D eigenvalue weighted by atomic mass is 79.9. The lowest BCUT2D eigenvalue weighted by atomic mass is 10.3. The van der Waals surface area contributed by atoms with Crippen LogP contribution in [-0.2, 0) is 9.47 Å². The zero-order valence-corrected chi connectivity index (χ0v) is 8.24. The van der Waals surface area contributed by atoms with Crippen molar-refractivity contribution in [2.24, 2.45) is 0 Å². The van der Waals surface area contributed by atoms with Gasteiger partial charge in [-0.15, -0.1) is 0 Å². The summed E-state index contributed by atoms with van der Waals surface area (Å²) in [6.07, 6.45) is -0.114. The number of carbonyl (C=O) groups excluding carboxylic acids is 1. The summed E-state index contributed by atoms with van der Waals surface area (Å²) in [6, 6.07) is 3.21. The van der Waals surface area contributed by atoms with Gasteiger partial charge in [0.05, 0.1) is 13.2 Å². The molecule has 0 aromatic carbocycles. The molecule has 70 valence electrons. The Kier molecular flexibility index (Phi) is 2.37. The summed E-state index contributed by atoms with van der Waals surface area (Å²) in [7, 11) is 0. The Bertz CT molecular complexity index is 316. The molecule has 2 rings (SSSR count). The van der Waals surface area contributed by atoms with E-state index in [2.05, 4.69) is 15.9 Å². The third kappa shape index (κ3) is 1.92. The van der Waals surface area contributed by atoms with Crippen molar-refractivity contribution in [1.29, 1.82) is 0 Å². The van der Waals surface area contributed by atoms with Crippen molar-refractivity contribution in [2.45, 2.75) is 6.10 Å². The van der Waals surface area contributed by atoms with Gasteiger partial charge in [0, 0.05) is 0 Å². The van der Waals surface area contributed by atoms with Gasteiger partial charge in [-0.2, -0.15) is 0 Å². The summed E-state index contributed by atoms with van der Waals surface area (Å²) >= 11 is 3.10. The highest BCUT2D eigenvalue weighted by Crippen LogP contribution is 2.16. The third-order valence-electron chi connectivity index (χ3n) is 1.66. The molecule has 1 saturated heterocycles. The first-order chi connectivity index (χ1) is 6.25. The lowest BCUT2D eigenvalue weighted by molar-refractivity contribution is -0.104. The molecule has 0 spiro atoms. The van der Waals surface area contributed by atoms with Crippen LogP contribution < -0.4 is 0 Å². The van der Waals surface area contributed by atoms with Gasteiger partial charge in [0.15, 0.2) is 4.67 Å². The molecule has 13 heavy (non-hydrogen) atoms. The number of ether oxygens (including phenoxy) is 2. The van der Waals surface area contributed by atoms with Crippen LogP contribution in [0.3, 0.4) is 0 Å². The second kappa shape index (κ2) is 3.51. The maximum atomic E-state index is 11.3. The van der Waals surface area contributed by atoms with Crippen molar-refractivity contribution in [1.82, 2.24) is 0 Å². The standard InChI is InChI=1S/C8H7BrO4/c9-7-2-1-6(13-7)8(10)12-5-3-11-4-5/h1-2,5H,3-4H2. The summed E-state index contributed by atoms with van der Waals surface area (Å²) in [5, 5.41) is 0. The van der Waals surface area contributed by atoms with Gasteiger partial charge in [-0.25, -0.2) is 4.79 Å². The summed E-state index contributed by atoms with van der Waals surface area (Å²) in [5.74, 6) is -0.238. The fourth-order valence-corrected chi connectivity index (χ4v) is 1.22. The molecule has 1 fully saturated rings. The molecule has 0 N–H and O–H groups in total. The van der Waals surface area contributed by atoms with Crippen molar-refractivity contribution < 1.29 is 18.7 Å². The normalized spacial score (nSPS) is 16.7. The summed E-state index contributed by atoms with van der Waals surface area (Å²) in [6.45, 7) is 0.960. The highest BCUT2D eigenvalue weighted by Gasteiger charge is 2.24. The minimum Gasteiger partial charge on any atom is -0.452 e. The minimum absolute atomic E-state index is 0.114. The van der Waals surface area contributed by atoms with E-state index in [1.54, 1.807) is 12.1 Å². The summed E-state index contributed by atoms with van der Waals surface area (Å²) < 4.78 is 15.4. The second-order valence-corrected chi connectivity index (χ2v) is 3.45. The fraction of sp³-hybridized carbons (Fsp3) is 0.375. The monoisotopic (exact) mass is 246 g/mol. The lowest BCUT2D eigenvalue weighted by Crippen LogP contribution is -2.37. The molecule has 1 aliphatic rings. The zero-order valence-electron chi connectivity index (χ0n) is 6.66. The molecule has 0 amide bonds. The van der Waals surface area contributed by atoms with Crippen LogP contribution in [0.5, 0.6) is 0 Å². The van der Waals surface area contributed by atoms with Crippen molar-refractivity contribution in [2.75, 3.05) is 13.2 Å². The Morgan fingerprint density at radius 2 is 2.31 bits per heavy atom. The van der Waals surface area contributed by atoms with Gasteiger partial charge in [-0.3, -0.25) is 0 Å². The number of carbonyl (C=O) groups is 1. The predicted octanol–water partition coefficient (Wildman–Crippen LogP) is 1.60. The predicted molar refractivity (Wildman–Crippen MR) is 46.4 cm³/mol. The molecule has 0 radical (unpaired) electrons. The first-order valence-electron chi connectivity index (χ1n) is 3.80. The molecule has 4 nitrogen and oxygen atoms in total. The molecule has 0 bridgehead atoms. The highest BCUT2D eigenvalue weighted by molar-refractivity contribution is 9.10. The topological polar surface area (TPSA) is 48.7 Å². The van der Waals surface area contributed by atoms with Gasteiger partial charge >= 0.3 is 5.97 Å². The van der Waals surface area contributed by atoms with E-state index in [0.29, 0.717) is 17.9 Å². The molecule has 0 aliphatic carbocycles. The number of halogens is 1. The first-order valence-corrected chi connectivity index (χ1v) is 4.59. The molecule has 5 heteroatoms. The van der Waals surface area contributed by atoms with Crippen LogP contribution in [0.1, 0.15) is 10.6 Å². The van der Waals surface area contributed by atoms with E-state index >= 15 is 0 Å². The van der Waals surface area contributed by atoms with E-state index < -0.39 is 5.97 Å². The van der Waals surface area contributed by atoms with Crippen molar-refractivity contribution >= 4 is 21.9 Å². The van der Waals surface area contributed by atoms with Crippen LogP contribution in [0.25, 0.3) is 0 Å². The van der Waals surface area contributed by atoms with Crippen LogP contribution >= 0.6 is 15.9 Å². The van der Waals surface area contributed by atoms with Crippen LogP contribution in [0.4, 0.5) is 0 Å². The Hall–Kier alpha value is -0.810. The van der Waals surface area contributed by atoms with Gasteiger partial charge in [-0.05, 0) is 28.1 Å². The largest absolute Gasteiger partial charge is 0.452 e. The van der Waals surface area contributed by atoms with Gasteiger partial charge in [0.25, 0.3) is 0 Å². The van der Waals surface area contributed by atoms with Crippen LogP contribution in [-0.4, -0.2) is 25.3 Å². The molecule has 2 heterocycles. The number of esters is 1. The third-order valence-corrected chi connectivity index (χ3v) is 2.08. The molecule has 0 saturated carbocycles. The van der Waals surface area contributed by atoms with Gasteiger partial charge < -0.3 is 13.9 Å². The molecule has 0 atom stereocenters. The molecule has 1 aromatic rings. The molecular weight excluding hydrogens is 240 g/mol. The van der Waals surface area contributed by atoms with E-state index in [-0.39, 0.29) is 11.9 Å². The Morgan fingerprint density at radius 1 is 1.54 bits per heavy atom. The average Bonchev–Trinajstić information content (AvgIpc) is 2.44. The second-order valence-electron chi connectivity index (χ2n) is 2.67. The Morgan fingerprint density at radius 3 is 2.77 bits per heavy atom. The number of furan rings is 1. The molecule has 1 aromatic heterocycles. The van der Waals surface area contributed by atoms with Crippen LogP contribution in [0.15, 0.2) is 21.2 Å². The fourth-order valence-electron chi connectivity index (χ4n) is 0.916. The minimum atomic E-state index is -0.445. The first kappa shape index (κ1) is 8.77. The van der Waals surface area contributed by atoms with E-state index in [1.807, 2.05) is 0 Å². The maximum absolute atomic E-state index is 11.3. The van der Waals surface area contributed by atoms with E-state index in [9.17, 15) is 4.79 Å². The number of rotatable bonds is 2. The van der Waals surface area contributed by atoms with Gasteiger partial charge in [0.1, 0.15) is 6.10 Å². The molecule has 1 aliphatic heterocycles. The van der Waals surface area contributed by atoms with Crippen molar-refractivity contribution in [3.8, 4) is 0 Å². The molecular formula is C8H7BrO4. The van der Waals surface area contributed by atoms with E-state index in [0.717, 1.165) is 0 Å². The average molecular weight is 247 g/mol. The van der Waals surface area contributed by atoms with Crippen LogP contribution in [0, 0.1) is 0 Å². The SMILES string of the molecule is O=C(OC1COC1)c1ccc(Br)o1. The van der Waals surface area contributed by atoms with E-state index in [1.165, 1.54) is 0 Å². The maximum Gasteiger partial charge on any atom is 0.374 e. The molecule has 0 unspecified atom stereocenters. The lowest BCUT2D eigenvalue weighted by Gasteiger charge is -2.24. The Balaban J connectivity index is 1.96. The van der Waals surface area contributed by atoms with E-state index in [4.69, 9.17) is 13.9 Å².